The zero-order valence-electron chi connectivity index (χ0n) is 17.1. The molecule has 5 rings (SSSR count). The Bertz CT molecular complexity index is 916. The van der Waals surface area contributed by atoms with Crippen LogP contribution in [0.25, 0.3) is 5.57 Å². The van der Waals surface area contributed by atoms with E-state index in [2.05, 4.69) is 80.6 Å². The van der Waals surface area contributed by atoms with Gasteiger partial charge >= 0.3 is 0 Å². The van der Waals surface area contributed by atoms with Gasteiger partial charge < -0.3 is 0 Å². The minimum absolute atomic E-state index is 0.202. The lowest BCUT2D eigenvalue weighted by Crippen LogP contribution is -2.47. The van der Waals surface area contributed by atoms with E-state index in [1.54, 1.807) is 11.1 Å². The first-order valence-corrected chi connectivity index (χ1v) is 10.8. The maximum atomic E-state index is 4.58. The number of hydrogen-bond donors (Lipinski definition) is 0. The van der Waals surface area contributed by atoms with E-state index in [0.29, 0.717) is 11.3 Å². The minimum atomic E-state index is 0.202. The highest BCUT2D eigenvalue weighted by Crippen LogP contribution is 2.83. The van der Waals surface area contributed by atoms with Crippen molar-refractivity contribution < 1.29 is 4.58 Å². The Morgan fingerprint density at radius 3 is 2.81 bits per heavy atom. The van der Waals surface area contributed by atoms with E-state index in [1.807, 2.05) is 0 Å². The molecule has 1 saturated carbocycles. The van der Waals surface area contributed by atoms with Gasteiger partial charge in [-0.3, -0.25) is 0 Å². The zero-order valence-corrected chi connectivity index (χ0v) is 17.1. The fraction of sp³-hybridized carbons (Fsp3) is 0.500. The molecule has 0 radical (unpaired) electrons. The summed E-state index contributed by atoms with van der Waals surface area (Å²) in [5, 5.41) is 0. The Labute approximate surface area is 164 Å². The lowest BCUT2D eigenvalue weighted by molar-refractivity contribution is -0.596. The molecule has 1 heteroatoms. The summed E-state index contributed by atoms with van der Waals surface area (Å²) in [6, 6.07) is 9.32. The lowest BCUT2D eigenvalue weighted by Gasteiger charge is -2.32. The van der Waals surface area contributed by atoms with Crippen LogP contribution < -0.4 is 0 Å². The van der Waals surface area contributed by atoms with Crippen LogP contribution in [0.2, 0.25) is 0 Å². The van der Waals surface area contributed by atoms with Crippen molar-refractivity contribution in [2.45, 2.75) is 70.3 Å². The van der Waals surface area contributed by atoms with Gasteiger partial charge in [-0.2, -0.15) is 0 Å². The molecule has 1 saturated heterocycles. The number of nitrogens with zero attached hydrogens (tertiary/aromatic N) is 1. The summed E-state index contributed by atoms with van der Waals surface area (Å²) in [5.41, 5.74) is 6.87. The monoisotopic (exact) mass is 358 g/mol. The molecule has 0 N–H and O–H groups in total. The van der Waals surface area contributed by atoms with Crippen molar-refractivity contribution in [3.05, 3.63) is 65.4 Å². The van der Waals surface area contributed by atoms with Crippen LogP contribution in [0, 0.1) is 11.3 Å². The summed E-state index contributed by atoms with van der Waals surface area (Å²) >= 11 is 0. The van der Waals surface area contributed by atoms with Crippen LogP contribution in [0.4, 0.5) is 0 Å². The second-order valence-electron chi connectivity index (χ2n) is 9.23. The van der Waals surface area contributed by atoms with Crippen LogP contribution in [0.15, 0.2) is 54.3 Å². The van der Waals surface area contributed by atoms with E-state index >= 15 is 0 Å². The molecule has 2 fully saturated rings. The summed E-state index contributed by atoms with van der Waals surface area (Å²) in [7, 11) is 0. The number of hydrogen-bond acceptors (Lipinski definition) is 0. The Morgan fingerprint density at radius 1 is 1.26 bits per heavy atom. The third-order valence-electron chi connectivity index (χ3n) is 8.73. The van der Waals surface area contributed by atoms with Gasteiger partial charge in [-0.15, -0.1) is 0 Å². The van der Waals surface area contributed by atoms with Crippen LogP contribution in [0.1, 0.15) is 70.4 Å². The van der Waals surface area contributed by atoms with Crippen molar-refractivity contribution in [2.75, 3.05) is 0 Å². The molecule has 3 unspecified atom stereocenters. The Kier molecular flexibility index (Phi) is 3.55. The summed E-state index contributed by atoms with van der Waals surface area (Å²) in [4.78, 5) is 0. The maximum Gasteiger partial charge on any atom is 0.194 e. The smallest absolute Gasteiger partial charge is 0.194 e. The first kappa shape index (κ1) is 17.2. The van der Waals surface area contributed by atoms with Gasteiger partial charge in [0.15, 0.2) is 11.2 Å². The van der Waals surface area contributed by atoms with Gasteiger partial charge in [0, 0.05) is 0 Å². The molecule has 27 heavy (non-hydrogen) atoms. The summed E-state index contributed by atoms with van der Waals surface area (Å²) < 4.78 is 2.43. The molecule has 0 aromatic heterocycles. The van der Waals surface area contributed by atoms with Gasteiger partial charge in [-0.1, -0.05) is 63.3 Å². The third kappa shape index (κ3) is 1.75. The maximum absolute atomic E-state index is 4.58. The second-order valence-corrected chi connectivity index (χ2v) is 9.23. The summed E-state index contributed by atoms with van der Waals surface area (Å²) in [6.45, 7) is 11.8. The first-order valence-electron chi connectivity index (χ1n) is 10.8. The molecule has 3 aliphatic carbocycles. The van der Waals surface area contributed by atoms with Gasteiger partial charge in [0.25, 0.3) is 0 Å². The highest BCUT2D eigenvalue weighted by Gasteiger charge is 2.94. The Morgan fingerprint density at radius 2 is 2.07 bits per heavy atom. The normalized spacial score (nSPS) is 40.4. The van der Waals surface area contributed by atoms with E-state index in [1.165, 1.54) is 43.4 Å². The van der Waals surface area contributed by atoms with Crippen LogP contribution >= 0.6 is 0 Å². The van der Waals surface area contributed by atoms with Crippen molar-refractivity contribution in [1.82, 2.24) is 0 Å². The van der Waals surface area contributed by atoms with Gasteiger partial charge in [-0.05, 0) is 60.8 Å². The van der Waals surface area contributed by atoms with E-state index in [-0.39, 0.29) is 11.0 Å². The molecule has 1 aliphatic heterocycles. The Hall–Kier alpha value is -1.89. The predicted octanol–water partition coefficient (Wildman–Crippen LogP) is 6.26. The van der Waals surface area contributed by atoms with Crippen LogP contribution in [-0.4, -0.2) is 16.8 Å². The van der Waals surface area contributed by atoms with Gasteiger partial charge in [0.2, 0.25) is 0 Å². The number of fused-ring (bicyclic) bond motifs is 5. The Balaban J connectivity index is 1.72. The molecular formula is C26H32N+. The largest absolute Gasteiger partial charge is 0.202 e. The zero-order chi connectivity index (χ0) is 18.9. The number of benzene rings is 1. The number of rotatable bonds is 2. The third-order valence-corrected chi connectivity index (χ3v) is 8.73. The quantitative estimate of drug-likeness (QED) is 0.549. The molecule has 1 heterocycles. The van der Waals surface area contributed by atoms with E-state index in [9.17, 15) is 0 Å². The second kappa shape index (κ2) is 5.56. The molecule has 140 valence electrons. The highest BCUT2D eigenvalue weighted by molar-refractivity contribution is 5.76. The van der Waals surface area contributed by atoms with Gasteiger partial charge in [0.1, 0.15) is 6.72 Å². The summed E-state index contributed by atoms with van der Waals surface area (Å²) in [5.74, 6) is 0.679. The fourth-order valence-electron chi connectivity index (χ4n) is 7.32. The standard InChI is InChI=1S/C26H32N/c1-5-11-20-18-26(27(20)4)24(3,6-2)25(26)17-16-19-12-7-8-13-21(19)22-14-9-10-15-23(22)25/h7-11,13-15,19H,4-6,12,16-18H2,1-3H3/q+1/b20-11-/t19?,24?,25?,26-/m1/s1. The van der Waals surface area contributed by atoms with Crippen molar-refractivity contribution in [3.63, 3.8) is 0 Å². The summed E-state index contributed by atoms with van der Waals surface area (Å²) in [6.07, 6.45) is 16.7. The molecule has 4 aliphatic rings. The topological polar surface area (TPSA) is 3.01 Å². The molecule has 0 bridgehead atoms. The van der Waals surface area contributed by atoms with Gasteiger partial charge in [0.05, 0.1) is 17.3 Å². The first-order chi connectivity index (χ1) is 13.1. The molecular weight excluding hydrogens is 326 g/mol. The molecule has 1 nitrogen and oxygen atoms in total. The average Bonchev–Trinajstić information content (AvgIpc) is 3.27. The van der Waals surface area contributed by atoms with Crippen molar-refractivity contribution in [3.8, 4) is 0 Å². The predicted molar refractivity (Wildman–Crippen MR) is 114 cm³/mol. The molecule has 2 spiro atoms. The van der Waals surface area contributed by atoms with Crippen molar-refractivity contribution in [1.29, 1.82) is 0 Å². The number of allylic oxidation sites excluding steroid dienone is 5. The molecule has 1 aromatic rings. The van der Waals surface area contributed by atoms with Gasteiger partial charge in [-0.25, -0.2) is 4.58 Å². The minimum Gasteiger partial charge on any atom is -0.202 e. The van der Waals surface area contributed by atoms with E-state index < -0.39 is 0 Å². The molecule has 0 amide bonds. The fourth-order valence-corrected chi connectivity index (χ4v) is 7.32. The van der Waals surface area contributed by atoms with E-state index in [4.69, 9.17) is 0 Å². The van der Waals surface area contributed by atoms with E-state index in [0.717, 1.165) is 6.42 Å². The van der Waals surface area contributed by atoms with Crippen molar-refractivity contribution >= 4 is 12.3 Å². The molecule has 1 aromatic carbocycles. The molecule has 4 atom stereocenters. The SMILES string of the molecule is C=[N+]1/C(=C\CC)C[C@]12C(C)(CC)C21CCC2CC=CC=C2c2ccccc21. The van der Waals surface area contributed by atoms with Crippen molar-refractivity contribution in [2.24, 2.45) is 11.3 Å². The lowest BCUT2D eigenvalue weighted by atomic mass is 9.78. The van der Waals surface area contributed by atoms with Crippen LogP contribution in [0.5, 0.6) is 0 Å². The van der Waals surface area contributed by atoms with Crippen LogP contribution in [-0.2, 0) is 5.41 Å². The average molecular weight is 359 g/mol. The highest BCUT2D eigenvalue weighted by atomic mass is 15.3. The van der Waals surface area contributed by atoms with Crippen LogP contribution in [0.3, 0.4) is 0 Å².